The van der Waals surface area contributed by atoms with Crippen LogP contribution in [0.25, 0.3) is 0 Å². The van der Waals surface area contributed by atoms with Crippen molar-refractivity contribution in [3.8, 4) is 0 Å². The summed E-state index contributed by atoms with van der Waals surface area (Å²) in [4.78, 5) is 26.4. The fourth-order valence-electron chi connectivity index (χ4n) is 2.41. The molecule has 2 unspecified atom stereocenters. The molecule has 1 saturated heterocycles. The predicted molar refractivity (Wildman–Crippen MR) is 82.4 cm³/mol. The van der Waals surface area contributed by atoms with Crippen LogP contribution in [-0.2, 0) is 11.2 Å². The lowest BCUT2D eigenvalue weighted by molar-refractivity contribution is -0.141. The Bertz CT molecular complexity index is 512. The molecule has 1 amide bonds. The quantitative estimate of drug-likeness (QED) is 0.928. The van der Waals surface area contributed by atoms with Crippen molar-refractivity contribution in [1.29, 1.82) is 0 Å². The Morgan fingerprint density at radius 3 is 2.75 bits per heavy atom. The molecule has 1 aromatic heterocycles. The summed E-state index contributed by atoms with van der Waals surface area (Å²) in [6.07, 6.45) is 0.787. The zero-order valence-corrected chi connectivity index (χ0v) is 13.5. The van der Waals surface area contributed by atoms with Crippen molar-refractivity contribution >= 4 is 35.0 Å². The molecule has 0 saturated carbocycles. The van der Waals surface area contributed by atoms with Crippen LogP contribution in [0.4, 0.5) is 0 Å². The second-order valence-electron chi connectivity index (χ2n) is 5.16. The van der Waals surface area contributed by atoms with Crippen molar-refractivity contribution in [2.24, 2.45) is 5.92 Å². The van der Waals surface area contributed by atoms with Gasteiger partial charge in [-0.3, -0.25) is 4.79 Å². The molecule has 1 aliphatic heterocycles. The van der Waals surface area contributed by atoms with E-state index in [0.717, 1.165) is 12.0 Å². The van der Waals surface area contributed by atoms with Crippen LogP contribution >= 0.6 is 23.1 Å². The van der Waals surface area contributed by atoms with Gasteiger partial charge in [0.25, 0.3) is 5.91 Å². The molecule has 2 heterocycles. The number of hydrogen-bond donors (Lipinski definition) is 1. The number of carbonyl (C=O) groups excluding carboxylic acids is 1. The maximum atomic E-state index is 12.8. The summed E-state index contributed by atoms with van der Waals surface area (Å²) in [5.41, 5.74) is 1.00. The molecule has 6 heteroatoms. The molecule has 0 bridgehead atoms. The van der Waals surface area contributed by atoms with E-state index in [4.69, 9.17) is 0 Å². The Labute approximate surface area is 127 Å². The summed E-state index contributed by atoms with van der Waals surface area (Å²) in [7, 11) is 0. The van der Waals surface area contributed by atoms with Crippen LogP contribution in [-0.4, -0.2) is 39.1 Å². The van der Waals surface area contributed by atoms with Crippen LogP contribution in [0.1, 0.15) is 36.0 Å². The summed E-state index contributed by atoms with van der Waals surface area (Å²) < 4.78 is 0. The summed E-state index contributed by atoms with van der Waals surface area (Å²) in [5.74, 6) is -0.341. The average molecular weight is 313 g/mol. The molecule has 1 N–H and O–H groups in total. The van der Waals surface area contributed by atoms with Crippen LogP contribution < -0.4 is 0 Å². The average Bonchev–Trinajstić information content (AvgIpc) is 3.03. The van der Waals surface area contributed by atoms with Gasteiger partial charge < -0.3 is 10.0 Å². The number of amides is 1. The van der Waals surface area contributed by atoms with Crippen molar-refractivity contribution in [1.82, 2.24) is 4.90 Å². The van der Waals surface area contributed by atoms with E-state index in [9.17, 15) is 14.7 Å². The fourth-order valence-corrected chi connectivity index (χ4v) is 4.82. The smallest absolute Gasteiger partial charge is 0.327 e. The topological polar surface area (TPSA) is 57.6 Å². The standard InChI is InChI=1S/C14H19NO3S2/c1-4-9-5-6-19-11(9)12(16)15-10(14(17)18)7-20-13(15)8(2)3/h5-6,8,10,13H,4,7H2,1-3H3,(H,17,18). The Hall–Kier alpha value is -1.01. The Morgan fingerprint density at radius 2 is 2.20 bits per heavy atom. The molecule has 110 valence electrons. The lowest BCUT2D eigenvalue weighted by Gasteiger charge is -2.29. The number of hydrogen-bond acceptors (Lipinski definition) is 4. The van der Waals surface area contributed by atoms with Gasteiger partial charge in [0, 0.05) is 5.75 Å². The van der Waals surface area contributed by atoms with Crippen LogP contribution in [0.15, 0.2) is 11.4 Å². The first-order chi connectivity index (χ1) is 9.47. The second-order valence-corrected chi connectivity index (χ2v) is 7.23. The number of rotatable bonds is 4. The summed E-state index contributed by atoms with van der Waals surface area (Å²) in [6.45, 7) is 6.06. The van der Waals surface area contributed by atoms with E-state index in [-0.39, 0.29) is 17.2 Å². The normalized spacial score (nSPS) is 22.5. The third kappa shape index (κ3) is 2.72. The predicted octanol–water partition coefficient (Wildman–Crippen LogP) is 2.93. The summed E-state index contributed by atoms with van der Waals surface area (Å²) in [6, 6.07) is 1.23. The summed E-state index contributed by atoms with van der Waals surface area (Å²) >= 11 is 2.97. The van der Waals surface area contributed by atoms with Gasteiger partial charge in [0.2, 0.25) is 0 Å². The van der Waals surface area contributed by atoms with E-state index in [2.05, 4.69) is 0 Å². The van der Waals surface area contributed by atoms with Crippen molar-refractivity contribution < 1.29 is 14.7 Å². The van der Waals surface area contributed by atoms with Crippen LogP contribution in [0, 0.1) is 5.92 Å². The van der Waals surface area contributed by atoms with Gasteiger partial charge >= 0.3 is 5.97 Å². The fraction of sp³-hybridized carbons (Fsp3) is 0.571. The third-order valence-corrected chi connectivity index (χ3v) is 6.01. The number of carboxylic acids is 1. The van der Waals surface area contributed by atoms with Crippen molar-refractivity contribution in [3.05, 3.63) is 21.9 Å². The lowest BCUT2D eigenvalue weighted by atomic mass is 10.1. The molecule has 4 nitrogen and oxygen atoms in total. The molecule has 0 spiro atoms. The Morgan fingerprint density at radius 1 is 1.50 bits per heavy atom. The van der Waals surface area contributed by atoms with Gasteiger partial charge in [-0.1, -0.05) is 20.8 Å². The largest absolute Gasteiger partial charge is 0.480 e. The minimum Gasteiger partial charge on any atom is -0.480 e. The van der Waals surface area contributed by atoms with Gasteiger partial charge in [-0.25, -0.2) is 4.79 Å². The molecular formula is C14H19NO3S2. The van der Waals surface area contributed by atoms with Gasteiger partial charge in [0.15, 0.2) is 0 Å². The van der Waals surface area contributed by atoms with Crippen LogP contribution in [0.5, 0.6) is 0 Å². The molecular weight excluding hydrogens is 294 g/mol. The highest BCUT2D eigenvalue weighted by molar-refractivity contribution is 8.00. The molecule has 1 fully saturated rings. The van der Waals surface area contributed by atoms with Gasteiger partial charge in [-0.15, -0.1) is 23.1 Å². The summed E-state index contributed by atoms with van der Waals surface area (Å²) in [5, 5.41) is 11.2. The van der Waals surface area contributed by atoms with Crippen LogP contribution in [0.3, 0.4) is 0 Å². The SMILES string of the molecule is CCc1ccsc1C(=O)N1C(C(=O)O)CSC1C(C)C. The van der Waals surface area contributed by atoms with Gasteiger partial charge in [-0.2, -0.15) is 0 Å². The van der Waals surface area contributed by atoms with Crippen molar-refractivity contribution in [2.75, 3.05) is 5.75 Å². The number of carboxylic acid groups (broad SMARTS) is 1. The third-order valence-electron chi connectivity index (χ3n) is 3.45. The molecule has 2 rings (SSSR count). The molecule has 1 aromatic rings. The molecule has 0 aromatic carbocycles. The second kappa shape index (κ2) is 6.18. The van der Waals surface area contributed by atoms with Crippen molar-refractivity contribution in [2.45, 2.75) is 38.6 Å². The monoisotopic (exact) mass is 313 g/mol. The van der Waals surface area contributed by atoms with E-state index in [0.29, 0.717) is 10.6 Å². The molecule has 1 aliphatic rings. The maximum Gasteiger partial charge on any atom is 0.327 e. The van der Waals surface area contributed by atoms with E-state index >= 15 is 0 Å². The number of thiophene rings is 1. The molecule has 0 radical (unpaired) electrons. The minimum absolute atomic E-state index is 0.0598. The van der Waals surface area contributed by atoms with E-state index < -0.39 is 12.0 Å². The zero-order chi connectivity index (χ0) is 14.9. The van der Waals surface area contributed by atoms with E-state index in [1.807, 2.05) is 32.2 Å². The van der Waals surface area contributed by atoms with Crippen LogP contribution in [0.2, 0.25) is 0 Å². The Kier molecular flexibility index (Phi) is 4.75. The Balaban J connectivity index is 2.34. The first-order valence-corrected chi connectivity index (χ1v) is 8.63. The first-order valence-electron chi connectivity index (χ1n) is 6.70. The van der Waals surface area contributed by atoms with Crippen molar-refractivity contribution in [3.63, 3.8) is 0 Å². The minimum atomic E-state index is -0.913. The van der Waals surface area contributed by atoms with Gasteiger partial charge in [0.1, 0.15) is 6.04 Å². The number of carbonyl (C=O) groups is 2. The highest BCUT2D eigenvalue weighted by Gasteiger charge is 2.43. The maximum absolute atomic E-state index is 12.8. The highest BCUT2D eigenvalue weighted by Crippen LogP contribution is 2.36. The molecule has 0 aliphatic carbocycles. The first kappa shape index (κ1) is 15.4. The van der Waals surface area contributed by atoms with E-state index in [1.54, 1.807) is 16.7 Å². The highest BCUT2D eigenvalue weighted by atomic mass is 32.2. The van der Waals surface area contributed by atoms with Gasteiger partial charge in [-0.05, 0) is 29.3 Å². The van der Waals surface area contributed by atoms with Gasteiger partial charge in [0.05, 0.1) is 10.3 Å². The molecule has 20 heavy (non-hydrogen) atoms. The zero-order valence-electron chi connectivity index (χ0n) is 11.8. The molecule has 2 atom stereocenters. The number of aliphatic carboxylic acids is 1. The number of thioether (sulfide) groups is 1. The number of aryl methyl sites for hydroxylation is 1. The van der Waals surface area contributed by atoms with E-state index in [1.165, 1.54) is 11.3 Å². The lowest BCUT2D eigenvalue weighted by Crippen LogP contribution is -2.47. The number of nitrogens with zero attached hydrogens (tertiary/aromatic N) is 1.